The minimum atomic E-state index is -5.57. The molecule has 3 nitrogen and oxygen atoms in total. The second-order valence-corrected chi connectivity index (χ2v) is 8.29. The van der Waals surface area contributed by atoms with Gasteiger partial charge in [-0.1, -0.05) is 27.2 Å². The third-order valence-electron chi connectivity index (χ3n) is 5.60. The molecule has 22 heavy (non-hydrogen) atoms. The number of alkyl halides is 3. The first-order valence-electron chi connectivity index (χ1n) is 7.73. The highest BCUT2D eigenvalue weighted by Crippen LogP contribution is 2.58. The van der Waals surface area contributed by atoms with Crippen molar-refractivity contribution < 1.29 is 25.8 Å². The number of halogens is 3. The van der Waals surface area contributed by atoms with Crippen molar-refractivity contribution in [3.8, 4) is 0 Å². The molecule has 0 aliphatic heterocycles. The average molecular weight is 340 g/mol. The Labute approximate surface area is 130 Å². The van der Waals surface area contributed by atoms with E-state index in [1.807, 2.05) is 0 Å². The van der Waals surface area contributed by atoms with Crippen molar-refractivity contribution in [2.45, 2.75) is 58.4 Å². The first-order valence-corrected chi connectivity index (χ1v) is 9.14. The van der Waals surface area contributed by atoms with Crippen LogP contribution in [-0.2, 0) is 14.3 Å². The second kappa shape index (κ2) is 5.73. The Balaban J connectivity index is 2.26. The van der Waals surface area contributed by atoms with Crippen LogP contribution in [0.1, 0.15) is 52.9 Å². The summed E-state index contributed by atoms with van der Waals surface area (Å²) in [5, 5.41) is 0. The van der Waals surface area contributed by atoms with Gasteiger partial charge in [-0.05, 0) is 49.0 Å². The summed E-state index contributed by atoms with van der Waals surface area (Å²) < 4.78 is 64.7. The normalized spacial score (nSPS) is 34.0. The van der Waals surface area contributed by atoms with E-state index in [2.05, 4.69) is 25.0 Å². The van der Waals surface area contributed by atoms with Crippen LogP contribution in [0.5, 0.6) is 0 Å². The lowest BCUT2D eigenvalue weighted by Crippen LogP contribution is -2.37. The molecule has 0 aromatic heterocycles. The molecule has 0 saturated heterocycles. The molecule has 2 rings (SSSR count). The van der Waals surface area contributed by atoms with Crippen molar-refractivity contribution >= 4 is 10.1 Å². The van der Waals surface area contributed by atoms with Gasteiger partial charge < -0.3 is 4.18 Å². The van der Waals surface area contributed by atoms with Crippen LogP contribution in [0, 0.1) is 23.2 Å². The number of allylic oxidation sites excluding steroid dienone is 2. The maximum absolute atomic E-state index is 12.5. The smallest absolute Gasteiger partial charge is 0.381 e. The Morgan fingerprint density at radius 1 is 1.41 bits per heavy atom. The van der Waals surface area contributed by atoms with Crippen LogP contribution >= 0.6 is 0 Å². The minimum absolute atomic E-state index is 0.00289. The summed E-state index contributed by atoms with van der Waals surface area (Å²) in [6.45, 7) is 6.33. The Morgan fingerprint density at radius 3 is 2.59 bits per heavy atom. The summed E-state index contributed by atoms with van der Waals surface area (Å²) in [6.07, 6.45) is 5.55. The number of fused-ring (bicyclic) bond motifs is 1. The van der Waals surface area contributed by atoms with Crippen LogP contribution in [0.25, 0.3) is 0 Å². The first kappa shape index (κ1) is 17.6. The molecule has 0 aromatic carbocycles. The molecule has 2 aliphatic rings. The minimum Gasteiger partial charge on any atom is -0.381 e. The monoisotopic (exact) mass is 340 g/mol. The zero-order valence-corrected chi connectivity index (χ0v) is 13.9. The molecule has 0 aromatic rings. The van der Waals surface area contributed by atoms with Gasteiger partial charge in [-0.25, -0.2) is 0 Å². The van der Waals surface area contributed by atoms with E-state index in [0.29, 0.717) is 24.7 Å². The highest BCUT2D eigenvalue weighted by molar-refractivity contribution is 7.87. The molecule has 0 heterocycles. The fourth-order valence-electron chi connectivity index (χ4n) is 4.24. The molecular formula is C15H23F3O3S. The fourth-order valence-corrected chi connectivity index (χ4v) is 4.78. The van der Waals surface area contributed by atoms with E-state index in [4.69, 9.17) is 0 Å². The molecule has 0 radical (unpaired) electrons. The highest BCUT2D eigenvalue weighted by Gasteiger charge is 2.54. The van der Waals surface area contributed by atoms with Crippen LogP contribution in [0.3, 0.4) is 0 Å². The van der Waals surface area contributed by atoms with Gasteiger partial charge >= 0.3 is 15.6 Å². The Bertz CT molecular complexity index is 553. The standard InChI is InChI=1S/C15H23F3O3S/c1-4-10(2)11-7-8-12-13(6-5-9-14(11,12)3)21-22(19,20)15(16,17)18/h6,10-12H,4-5,7-9H2,1-3H3. The molecule has 0 N–H and O–H groups in total. The SMILES string of the molecule is CCC(C)C1CCC2C(OS(=O)(=O)C(F)(F)F)=CCCC21C. The molecule has 128 valence electrons. The van der Waals surface area contributed by atoms with Gasteiger partial charge in [0.1, 0.15) is 5.76 Å². The van der Waals surface area contributed by atoms with Crippen molar-refractivity contribution in [2.75, 3.05) is 0 Å². The third kappa shape index (κ3) is 2.88. The third-order valence-corrected chi connectivity index (χ3v) is 6.58. The summed E-state index contributed by atoms with van der Waals surface area (Å²) in [7, 11) is -5.57. The van der Waals surface area contributed by atoms with Gasteiger partial charge in [0.25, 0.3) is 0 Å². The molecule has 4 atom stereocenters. The largest absolute Gasteiger partial charge is 0.534 e. The molecular weight excluding hydrogens is 317 g/mol. The van der Waals surface area contributed by atoms with Crippen LogP contribution < -0.4 is 0 Å². The number of hydrogen-bond donors (Lipinski definition) is 0. The molecule has 0 spiro atoms. The molecule has 0 amide bonds. The van der Waals surface area contributed by atoms with Gasteiger partial charge in [0.15, 0.2) is 0 Å². The van der Waals surface area contributed by atoms with Gasteiger partial charge in [0.05, 0.1) is 0 Å². The zero-order valence-electron chi connectivity index (χ0n) is 13.1. The van der Waals surface area contributed by atoms with Crippen LogP contribution in [-0.4, -0.2) is 13.9 Å². The topological polar surface area (TPSA) is 43.4 Å². The quantitative estimate of drug-likeness (QED) is 0.554. The van der Waals surface area contributed by atoms with Gasteiger partial charge in [-0.2, -0.15) is 21.6 Å². The van der Waals surface area contributed by atoms with Gasteiger partial charge in [-0.15, -0.1) is 0 Å². The van der Waals surface area contributed by atoms with Gasteiger partial charge in [-0.3, -0.25) is 0 Å². The number of rotatable bonds is 4. The zero-order chi connectivity index (χ0) is 16.8. The molecule has 2 aliphatic carbocycles. The van der Waals surface area contributed by atoms with Crippen LogP contribution in [0.4, 0.5) is 13.2 Å². The summed E-state index contributed by atoms with van der Waals surface area (Å²) in [4.78, 5) is 0. The van der Waals surface area contributed by atoms with Crippen LogP contribution in [0.2, 0.25) is 0 Å². The van der Waals surface area contributed by atoms with Crippen LogP contribution in [0.15, 0.2) is 11.8 Å². The molecule has 1 fully saturated rings. The Hall–Kier alpha value is -0.720. The molecule has 7 heteroatoms. The second-order valence-electron chi connectivity index (χ2n) is 6.76. The van der Waals surface area contributed by atoms with Crippen molar-refractivity contribution in [1.82, 2.24) is 0 Å². The Morgan fingerprint density at radius 2 is 2.05 bits per heavy atom. The predicted octanol–water partition coefficient (Wildman–Crippen LogP) is 4.61. The average Bonchev–Trinajstić information content (AvgIpc) is 2.74. The van der Waals surface area contributed by atoms with E-state index in [-0.39, 0.29) is 17.1 Å². The number of hydrogen-bond acceptors (Lipinski definition) is 3. The lowest BCUT2D eigenvalue weighted by molar-refractivity contribution is -0.0536. The fraction of sp³-hybridized carbons (Fsp3) is 0.867. The lowest BCUT2D eigenvalue weighted by atomic mass is 9.64. The predicted molar refractivity (Wildman–Crippen MR) is 77.2 cm³/mol. The maximum atomic E-state index is 12.5. The Kier molecular flexibility index (Phi) is 4.59. The lowest BCUT2D eigenvalue weighted by Gasteiger charge is -2.42. The van der Waals surface area contributed by atoms with Crippen molar-refractivity contribution in [2.24, 2.45) is 23.2 Å². The van der Waals surface area contributed by atoms with E-state index in [1.54, 1.807) is 0 Å². The summed E-state index contributed by atoms with van der Waals surface area (Å²) >= 11 is 0. The van der Waals surface area contributed by atoms with E-state index >= 15 is 0 Å². The van der Waals surface area contributed by atoms with E-state index < -0.39 is 15.6 Å². The highest BCUT2D eigenvalue weighted by atomic mass is 32.2. The van der Waals surface area contributed by atoms with Crippen molar-refractivity contribution in [3.05, 3.63) is 11.8 Å². The van der Waals surface area contributed by atoms with Gasteiger partial charge in [0.2, 0.25) is 0 Å². The summed E-state index contributed by atoms with van der Waals surface area (Å²) in [5.74, 6) is 0.617. The van der Waals surface area contributed by atoms with Gasteiger partial charge in [0, 0.05) is 5.92 Å². The summed E-state index contributed by atoms with van der Waals surface area (Å²) in [6, 6.07) is 0. The summed E-state index contributed by atoms with van der Waals surface area (Å²) in [5.41, 5.74) is -5.56. The van der Waals surface area contributed by atoms with E-state index in [0.717, 1.165) is 19.3 Å². The van der Waals surface area contributed by atoms with E-state index in [9.17, 15) is 21.6 Å². The molecule has 4 unspecified atom stereocenters. The molecule has 1 saturated carbocycles. The van der Waals surface area contributed by atoms with E-state index in [1.165, 1.54) is 6.08 Å². The van der Waals surface area contributed by atoms with Crippen molar-refractivity contribution in [1.29, 1.82) is 0 Å². The molecule has 0 bridgehead atoms. The van der Waals surface area contributed by atoms with Crippen molar-refractivity contribution in [3.63, 3.8) is 0 Å². The first-order chi connectivity index (χ1) is 10.0. The maximum Gasteiger partial charge on any atom is 0.534 e.